The van der Waals surface area contributed by atoms with Crippen LogP contribution in [0, 0.1) is 20.8 Å². The maximum atomic E-state index is 13.7. The van der Waals surface area contributed by atoms with Gasteiger partial charge in [0.25, 0.3) is 0 Å². The summed E-state index contributed by atoms with van der Waals surface area (Å²) >= 11 is 1.73. The SMILES string of the molecule is Cc1cc(C)nc(S[C@@H]2C[C@@H](C(=O)N3CCCN(C)CC3)N(Cc3ccccc3C)C2)n1. The molecule has 32 heavy (non-hydrogen) atoms. The number of benzene rings is 1. The highest BCUT2D eigenvalue weighted by Gasteiger charge is 2.39. The van der Waals surface area contributed by atoms with Crippen LogP contribution in [0.4, 0.5) is 0 Å². The molecule has 2 aliphatic heterocycles. The third kappa shape index (κ3) is 5.69. The molecule has 0 aliphatic carbocycles. The van der Waals surface area contributed by atoms with Gasteiger partial charge in [0.2, 0.25) is 5.91 Å². The van der Waals surface area contributed by atoms with Gasteiger partial charge in [0, 0.05) is 49.4 Å². The fourth-order valence-corrected chi connectivity index (χ4v) is 5.99. The molecule has 1 amide bonds. The smallest absolute Gasteiger partial charge is 0.240 e. The van der Waals surface area contributed by atoms with Crippen LogP contribution < -0.4 is 0 Å². The molecule has 2 fully saturated rings. The van der Waals surface area contributed by atoms with Crippen LogP contribution in [0.15, 0.2) is 35.5 Å². The van der Waals surface area contributed by atoms with E-state index in [2.05, 4.69) is 62.9 Å². The van der Waals surface area contributed by atoms with E-state index in [1.807, 2.05) is 19.9 Å². The van der Waals surface area contributed by atoms with E-state index < -0.39 is 0 Å². The molecule has 2 saturated heterocycles. The van der Waals surface area contributed by atoms with Crippen LogP contribution in [0.5, 0.6) is 0 Å². The summed E-state index contributed by atoms with van der Waals surface area (Å²) in [4.78, 5) is 29.8. The van der Waals surface area contributed by atoms with Crippen molar-refractivity contribution in [3.05, 3.63) is 52.8 Å². The Morgan fingerprint density at radius 2 is 1.81 bits per heavy atom. The van der Waals surface area contributed by atoms with Gasteiger partial charge in [0.1, 0.15) is 0 Å². The maximum Gasteiger partial charge on any atom is 0.240 e. The van der Waals surface area contributed by atoms with Crippen molar-refractivity contribution in [2.24, 2.45) is 0 Å². The van der Waals surface area contributed by atoms with Crippen molar-refractivity contribution in [2.45, 2.75) is 56.6 Å². The van der Waals surface area contributed by atoms with Crippen LogP contribution in [0.1, 0.15) is 35.4 Å². The Hall–Kier alpha value is -1.96. The number of amides is 1. The van der Waals surface area contributed by atoms with E-state index in [0.29, 0.717) is 11.2 Å². The predicted molar refractivity (Wildman–Crippen MR) is 130 cm³/mol. The van der Waals surface area contributed by atoms with Crippen LogP contribution in [-0.4, -0.2) is 81.6 Å². The Labute approximate surface area is 196 Å². The Morgan fingerprint density at radius 3 is 2.56 bits per heavy atom. The molecule has 172 valence electrons. The molecule has 2 aliphatic rings. The van der Waals surface area contributed by atoms with Crippen molar-refractivity contribution in [3.8, 4) is 0 Å². The standard InChI is InChI=1S/C25H35N5OS/c1-18-8-5-6-9-21(18)16-30-17-22(32-25-26-19(2)14-20(3)27-25)15-23(30)24(31)29-11-7-10-28(4)12-13-29/h5-6,8-9,14,22-23H,7,10-13,15-17H2,1-4H3/t22-,23+/m1/s1. The molecule has 6 nitrogen and oxygen atoms in total. The predicted octanol–water partition coefficient (Wildman–Crippen LogP) is 3.30. The molecular weight excluding hydrogens is 418 g/mol. The van der Waals surface area contributed by atoms with Crippen molar-refractivity contribution in [1.29, 1.82) is 0 Å². The van der Waals surface area contributed by atoms with Crippen molar-refractivity contribution in [1.82, 2.24) is 24.7 Å². The van der Waals surface area contributed by atoms with E-state index in [1.165, 1.54) is 11.1 Å². The minimum absolute atomic E-state index is 0.0820. The number of nitrogens with zero attached hydrogens (tertiary/aromatic N) is 5. The minimum atomic E-state index is -0.0820. The Morgan fingerprint density at radius 1 is 1.06 bits per heavy atom. The summed E-state index contributed by atoms with van der Waals surface area (Å²) in [5.74, 6) is 0.290. The molecule has 2 atom stereocenters. The van der Waals surface area contributed by atoms with Gasteiger partial charge in [-0.05, 0) is 64.4 Å². The van der Waals surface area contributed by atoms with Gasteiger partial charge in [-0.1, -0.05) is 36.0 Å². The number of carbonyl (C=O) groups is 1. The average Bonchev–Trinajstić information content (AvgIpc) is 2.99. The van der Waals surface area contributed by atoms with Crippen molar-refractivity contribution < 1.29 is 4.79 Å². The van der Waals surface area contributed by atoms with E-state index >= 15 is 0 Å². The van der Waals surface area contributed by atoms with Crippen LogP contribution in [0.3, 0.4) is 0 Å². The summed E-state index contributed by atoms with van der Waals surface area (Å²) < 4.78 is 0. The van der Waals surface area contributed by atoms with Crippen molar-refractivity contribution in [2.75, 3.05) is 39.8 Å². The molecule has 7 heteroatoms. The van der Waals surface area contributed by atoms with Crippen LogP contribution in [-0.2, 0) is 11.3 Å². The van der Waals surface area contributed by atoms with Crippen LogP contribution in [0.25, 0.3) is 0 Å². The number of hydrogen-bond acceptors (Lipinski definition) is 6. The first-order valence-corrected chi connectivity index (χ1v) is 12.5. The molecule has 1 aromatic carbocycles. The Bertz CT molecular complexity index is 931. The van der Waals surface area contributed by atoms with E-state index in [0.717, 1.165) is 68.7 Å². The summed E-state index contributed by atoms with van der Waals surface area (Å²) in [6.45, 7) is 11.6. The van der Waals surface area contributed by atoms with Crippen molar-refractivity contribution in [3.63, 3.8) is 0 Å². The van der Waals surface area contributed by atoms with Gasteiger partial charge >= 0.3 is 0 Å². The molecule has 0 spiro atoms. The second-order valence-electron chi connectivity index (χ2n) is 9.26. The highest BCUT2D eigenvalue weighted by atomic mass is 32.2. The Balaban J connectivity index is 1.53. The van der Waals surface area contributed by atoms with Gasteiger partial charge in [-0.15, -0.1) is 0 Å². The number of thioether (sulfide) groups is 1. The first-order chi connectivity index (χ1) is 15.4. The second-order valence-corrected chi connectivity index (χ2v) is 10.5. The molecule has 0 unspecified atom stereocenters. The van der Waals surface area contributed by atoms with Gasteiger partial charge in [-0.2, -0.15) is 0 Å². The molecule has 1 aromatic heterocycles. The maximum absolute atomic E-state index is 13.7. The molecule has 0 radical (unpaired) electrons. The normalized spacial score (nSPS) is 22.8. The lowest BCUT2D eigenvalue weighted by molar-refractivity contribution is -0.136. The average molecular weight is 454 g/mol. The number of likely N-dealkylation sites (tertiary alicyclic amines) is 1. The number of carbonyl (C=O) groups excluding carboxylic acids is 1. The first-order valence-electron chi connectivity index (χ1n) is 11.6. The lowest BCUT2D eigenvalue weighted by atomic mass is 10.1. The quantitative estimate of drug-likeness (QED) is 0.648. The third-order valence-corrected chi connectivity index (χ3v) is 7.62. The zero-order valence-corrected chi connectivity index (χ0v) is 20.6. The lowest BCUT2D eigenvalue weighted by Gasteiger charge is -2.29. The minimum Gasteiger partial charge on any atom is -0.340 e. The largest absolute Gasteiger partial charge is 0.340 e. The van der Waals surface area contributed by atoms with Gasteiger partial charge < -0.3 is 9.80 Å². The van der Waals surface area contributed by atoms with Gasteiger partial charge in [-0.3, -0.25) is 9.69 Å². The molecule has 2 aromatic rings. The fourth-order valence-electron chi connectivity index (χ4n) is 4.76. The number of likely N-dealkylation sites (N-methyl/N-ethyl adjacent to an activating group) is 1. The summed E-state index contributed by atoms with van der Waals surface area (Å²) in [6.07, 6.45) is 1.89. The summed E-state index contributed by atoms with van der Waals surface area (Å²) in [5.41, 5.74) is 4.57. The number of rotatable bonds is 5. The van der Waals surface area contributed by atoms with E-state index in [1.54, 1.807) is 11.8 Å². The highest BCUT2D eigenvalue weighted by molar-refractivity contribution is 7.99. The van der Waals surface area contributed by atoms with Gasteiger partial charge in [-0.25, -0.2) is 9.97 Å². The van der Waals surface area contributed by atoms with Gasteiger partial charge in [0.15, 0.2) is 5.16 Å². The molecule has 3 heterocycles. The summed E-state index contributed by atoms with van der Waals surface area (Å²) in [6, 6.07) is 10.4. The number of aromatic nitrogens is 2. The molecular formula is C25H35N5OS. The van der Waals surface area contributed by atoms with E-state index in [4.69, 9.17) is 0 Å². The van der Waals surface area contributed by atoms with Crippen LogP contribution in [0.2, 0.25) is 0 Å². The molecule has 4 rings (SSSR count). The van der Waals surface area contributed by atoms with Crippen LogP contribution >= 0.6 is 11.8 Å². The first kappa shape index (κ1) is 23.2. The third-order valence-electron chi connectivity index (χ3n) is 6.55. The second kappa shape index (κ2) is 10.3. The molecule has 0 bridgehead atoms. The summed E-state index contributed by atoms with van der Waals surface area (Å²) in [5, 5.41) is 1.14. The lowest BCUT2D eigenvalue weighted by Crippen LogP contribution is -2.46. The van der Waals surface area contributed by atoms with Crippen molar-refractivity contribution >= 4 is 17.7 Å². The zero-order valence-electron chi connectivity index (χ0n) is 19.8. The molecule has 0 saturated carbocycles. The monoisotopic (exact) mass is 453 g/mol. The number of hydrogen-bond donors (Lipinski definition) is 0. The van der Waals surface area contributed by atoms with E-state index in [-0.39, 0.29) is 6.04 Å². The Kier molecular flexibility index (Phi) is 7.48. The number of aryl methyl sites for hydroxylation is 3. The van der Waals surface area contributed by atoms with E-state index in [9.17, 15) is 4.79 Å². The molecule has 0 N–H and O–H groups in total. The zero-order chi connectivity index (χ0) is 22.7. The topological polar surface area (TPSA) is 52.6 Å². The highest BCUT2D eigenvalue weighted by Crippen LogP contribution is 2.33. The van der Waals surface area contributed by atoms with Gasteiger partial charge in [0.05, 0.1) is 6.04 Å². The fraction of sp³-hybridized carbons (Fsp3) is 0.560. The summed E-state index contributed by atoms with van der Waals surface area (Å²) in [7, 11) is 2.14.